The molecule has 3 N–H and O–H groups in total. The fourth-order valence-electron chi connectivity index (χ4n) is 1.64. The van der Waals surface area contributed by atoms with Crippen LogP contribution in [0.3, 0.4) is 0 Å². The van der Waals surface area contributed by atoms with E-state index in [2.05, 4.69) is 10.6 Å². The van der Waals surface area contributed by atoms with Crippen LogP contribution in [0.25, 0.3) is 0 Å². The lowest BCUT2D eigenvalue weighted by atomic mass is 10.3. The van der Waals surface area contributed by atoms with Crippen molar-refractivity contribution in [3.05, 3.63) is 30.1 Å². The molecule has 0 saturated heterocycles. The van der Waals surface area contributed by atoms with Gasteiger partial charge in [0.05, 0.1) is 6.54 Å². The first-order valence-corrected chi connectivity index (χ1v) is 6.70. The second-order valence-electron chi connectivity index (χ2n) is 4.89. The van der Waals surface area contributed by atoms with Crippen molar-refractivity contribution in [2.24, 2.45) is 0 Å². The molecule has 1 aliphatic rings. The fraction of sp³-hybridized carbons (Fsp3) is 0.500. The normalized spacial score (nSPS) is 15.7. The Morgan fingerprint density at radius 2 is 2.10 bits per heavy atom. The van der Waals surface area contributed by atoms with Gasteiger partial charge < -0.3 is 20.5 Å². The Kier molecular flexibility index (Phi) is 5.31. The zero-order valence-corrected chi connectivity index (χ0v) is 11.1. The molecule has 2 rings (SSSR count). The minimum absolute atomic E-state index is 0.0563. The summed E-state index contributed by atoms with van der Waals surface area (Å²) in [5, 5.41) is 15.4. The number of nitrogens with one attached hydrogen (secondary N) is 2. The highest BCUT2D eigenvalue weighted by Crippen LogP contribution is 2.18. The molecule has 110 valence electrons. The van der Waals surface area contributed by atoms with Crippen molar-refractivity contribution >= 4 is 5.91 Å². The summed E-state index contributed by atoms with van der Waals surface area (Å²) in [5.74, 6) is 0.109. The predicted octanol–water partition coefficient (Wildman–Crippen LogP) is 0.434. The first-order chi connectivity index (χ1) is 9.63. The van der Waals surface area contributed by atoms with Gasteiger partial charge in [-0.25, -0.2) is 4.39 Å². The van der Waals surface area contributed by atoms with Crippen molar-refractivity contribution in [2.45, 2.75) is 25.0 Å². The molecule has 0 spiro atoms. The van der Waals surface area contributed by atoms with E-state index in [0.717, 1.165) is 12.8 Å². The van der Waals surface area contributed by atoms with Gasteiger partial charge in [-0.2, -0.15) is 0 Å². The standard InChI is InChI=1S/C14H19FN2O3/c15-10-1-5-13(6-2-10)20-9-12(18)7-16-8-14(19)17-11-3-4-11/h1-2,5-6,11-12,16,18H,3-4,7-9H2,(H,17,19). The van der Waals surface area contributed by atoms with E-state index in [0.29, 0.717) is 11.8 Å². The maximum absolute atomic E-state index is 12.7. The van der Waals surface area contributed by atoms with Gasteiger partial charge in [0.25, 0.3) is 0 Å². The fourth-order valence-corrected chi connectivity index (χ4v) is 1.64. The molecular weight excluding hydrogens is 263 g/mol. The van der Waals surface area contributed by atoms with E-state index >= 15 is 0 Å². The van der Waals surface area contributed by atoms with Crippen molar-refractivity contribution in [3.63, 3.8) is 0 Å². The number of rotatable bonds is 8. The van der Waals surface area contributed by atoms with Crippen molar-refractivity contribution in [2.75, 3.05) is 19.7 Å². The van der Waals surface area contributed by atoms with Crippen LogP contribution in [-0.2, 0) is 4.79 Å². The van der Waals surface area contributed by atoms with Gasteiger partial charge in [0, 0.05) is 12.6 Å². The Balaban J connectivity index is 1.56. The Hall–Kier alpha value is -1.66. The van der Waals surface area contributed by atoms with E-state index in [-0.39, 0.29) is 31.4 Å². The topological polar surface area (TPSA) is 70.6 Å². The smallest absolute Gasteiger partial charge is 0.234 e. The van der Waals surface area contributed by atoms with Crippen molar-refractivity contribution in [1.29, 1.82) is 0 Å². The Bertz CT molecular complexity index is 435. The zero-order valence-electron chi connectivity index (χ0n) is 11.1. The van der Waals surface area contributed by atoms with E-state index in [1.165, 1.54) is 24.3 Å². The molecule has 0 radical (unpaired) electrons. The number of hydrogen-bond donors (Lipinski definition) is 3. The molecule has 6 heteroatoms. The molecule has 1 aliphatic carbocycles. The Morgan fingerprint density at radius 3 is 2.75 bits per heavy atom. The summed E-state index contributed by atoms with van der Waals surface area (Å²) >= 11 is 0. The van der Waals surface area contributed by atoms with Gasteiger partial charge in [-0.3, -0.25) is 4.79 Å². The van der Waals surface area contributed by atoms with E-state index in [1.54, 1.807) is 0 Å². The van der Waals surface area contributed by atoms with E-state index in [1.807, 2.05) is 0 Å². The van der Waals surface area contributed by atoms with Gasteiger partial charge in [0.2, 0.25) is 5.91 Å². The van der Waals surface area contributed by atoms with E-state index < -0.39 is 6.10 Å². The van der Waals surface area contributed by atoms with Crippen molar-refractivity contribution in [3.8, 4) is 5.75 Å². The Labute approximate surface area is 117 Å². The lowest BCUT2D eigenvalue weighted by molar-refractivity contribution is -0.120. The van der Waals surface area contributed by atoms with E-state index in [9.17, 15) is 14.3 Å². The lowest BCUT2D eigenvalue weighted by Gasteiger charge is -2.13. The SMILES string of the molecule is O=C(CNCC(O)COc1ccc(F)cc1)NC1CC1. The third-order valence-electron chi connectivity index (χ3n) is 2.86. The highest BCUT2D eigenvalue weighted by Gasteiger charge is 2.22. The van der Waals surface area contributed by atoms with Gasteiger partial charge in [-0.15, -0.1) is 0 Å². The molecule has 20 heavy (non-hydrogen) atoms. The number of aliphatic hydroxyl groups excluding tert-OH is 1. The first-order valence-electron chi connectivity index (χ1n) is 6.70. The minimum Gasteiger partial charge on any atom is -0.491 e. The molecule has 0 aromatic heterocycles. The molecule has 1 fully saturated rings. The Morgan fingerprint density at radius 1 is 1.40 bits per heavy atom. The summed E-state index contributed by atoms with van der Waals surface area (Å²) < 4.78 is 18.0. The van der Waals surface area contributed by atoms with Crippen LogP contribution < -0.4 is 15.4 Å². The summed E-state index contributed by atoms with van der Waals surface area (Å²) in [5.41, 5.74) is 0. The molecular formula is C14H19FN2O3. The monoisotopic (exact) mass is 282 g/mol. The average Bonchev–Trinajstić information content (AvgIpc) is 3.22. The number of aliphatic hydroxyl groups is 1. The van der Waals surface area contributed by atoms with Gasteiger partial charge in [-0.1, -0.05) is 0 Å². The molecule has 0 bridgehead atoms. The molecule has 5 nitrogen and oxygen atoms in total. The second kappa shape index (κ2) is 7.21. The van der Waals surface area contributed by atoms with Gasteiger partial charge in [0.1, 0.15) is 24.3 Å². The summed E-state index contributed by atoms with van der Waals surface area (Å²) in [7, 11) is 0. The number of carbonyl (C=O) groups excluding carboxylic acids is 1. The summed E-state index contributed by atoms with van der Waals surface area (Å²) in [4.78, 5) is 11.4. The quantitative estimate of drug-likeness (QED) is 0.647. The van der Waals surface area contributed by atoms with Crippen LogP contribution in [0.5, 0.6) is 5.75 Å². The second-order valence-corrected chi connectivity index (χ2v) is 4.89. The van der Waals surface area contributed by atoms with Crippen LogP contribution in [-0.4, -0.2) is 42.9 Å². The molecule has 0 aliphatic heterocycles. The number of ether oxygens (including phenoxy) is 1. The zero-order chi connectivity index (χ0) is 14.4. The maximum atomic E-state index is 12.7. The number of hydrogen-bond acceptors (Lipinski definition) is 4. The van der Waals surface area contributed by atoms with Crippen LogP contribution >= 0.6 is 0 Å². The van der Waals surface area contributed by atoms with Crippen LogP contribution in [0.15, 0.2) is 24.3 Å². The average molecular weight is 282 g/mol. The predicted molar refractivity (Wildman–Crippen MR) is 71.9 cm³/mol. The third kappa shape index (κ3) is 5.54. The molecule has 1 aromatic carbocycles. The molecule has 1 aromatic rings. The lowest BCUT2D eigenvalue weighted by Crippen LogP contribution is -2.39. The van der Waals surface area contributed by atoms with Crippen LogP contribution in [0.2, 0.25) is 0 Å². The van der Waals surface area contributed by atoms with Crippen molar-refractivity contribution in [1.82, 2.24) is 10.6 Å². The molecule has 1 unspecified atom stereocenters. The number of carbonyl (C=O) groups is 1. The summed E-state index contributed by atoms with van der Waals surface area (Å²) in [6.45, 7) is 0.534. The molecule has 1 amide bonds. The molecule has 0 heterocycles. The number of amides is 1. The number of benzene rings is 1. The van der Waals surface area contributed by atoms with Gasteiger partial charge >= 0.3 is 0 Å². The van der Waals surface area contributed by atoms with Crippen LogP contribution in [0, 0.1) is 5.82 Å². The largest absolute Gasteiger partial charge is 0.491 e. The highest BCUT2D eigenvalue weighted by atomic mass is 19.1. The number of halogens is 1. The molecule has 1 atom stereocenters. The maximum Gasteiger partial charge on any atom is 0.234 e. The van der Waals surface area contributed by atoms with E-state index in [4.69, 9.17) is 4.74 Å². The third-order valence-corrected chi connectivity index (χ3v) is 2.86. The summed E-state index contributed by atoms with van der Waals surface area (Å²) in [6.07, 6.45) is 1.38. The van der Waals surface area contributed by atoms with Crippen LogP contribution in [0.4, 0.5) is 4.39 Å². The summed E-state index contributed by atoms with van der Waals surface area (Å²) in [6, 6.07) is 5.93. The molecule has 1 saturated carbocycles. The van der Waals surface area contributed by atoms with Gasteiger partial charge in [0.15, 0.2) is 0 Å². The first kappa shape index (κ1) is 14.7. The highest BCUT2D eigenvalue weighted by molar-refractivity contribution is 5.78. The van der Waals surface area contributed by atoms with Gasteiger partial charge in [-0.05, 0) is 37.1 Å². The van der Waals surface area contributed by atoms with Crippen LogP contribution in [0.1, 0.15) is 12.8 Å². The van der Waals surface area contributed by atoms with Crippen molar-refractivity contribution < 1.29 is 19.0 Å². The minimum atomic E-state index is -0.728.